The summed E-state index contributed by atoms with van der Waals surface area (Å²) >= 11 is 5.89. The van der Waals surface area contributed by atoms with E-state index >= 15 is 0 Å². The van der Waals surface area contributed by atoms with Crippen LogP contribution in [0, 0.1) is 0 Å². The van der Waals surface area contributed by atoms with Gasteiger partial charge in [-0.05, 0) is 23.8 Å². The minimum Gasteiger partial charge on any atom is -0.389 e. The molecule has 2 rings (SSSR count). The molecule has 0 aromatic heterocycles. The number of halogens is 1. The molecule has 0 spiro atoms. The molecular formula is C11H15ClN2O2. The number of benzene rings is 1. The Kier molecular flexibility index (Phi) is 3.35. The van der Waals surface area contributed by atoms with Crippen molar-refractivity contribution in [2.75, 3.05) is 18.0 Å². The van der Waals surface area contributed by atoms with Gasteiger partial charge in [0.05, 0.1) is 12.2 Å². The fraction of sp³-hybridized carbons (Fsp3) is 0.455. The predicted molar refractivity (Wildman–Crippen MR) is 63.6 cm³/mol. The van der Waals surface area contributed by atoms with Crippen molar-refractivity contribution >= 4 is 17.3 Å². The molecule has 2 atom stereocenters. The first-order valence-electron chi connectivity index (χ1n) is 5.21. The summed E-state index contributed by atoms with van der Waals surface area (Å²) in [7, 11) is 0. The van der Waals surface area contributed by atoms with Gasteiger partial charge in [-0.15, -0.1) is 0 Å². The molecule has 1 aliphatic heterocycles. The molecule has 0 bridgehead atoms. The number of nitrogens with zero attached hydrogens (tertiary/aromatic N) is 1. The van der Waals surface area contributed by atoms with Crippen LogP contribution < -0.4 is 10.6 Å². The lowest BCUT2D eigenvalue weighted by Gasteiger charge is -2.21. The van der Waals surface area contributed by atoms with Gasteiger partial charge in [-0.1, -0.05) is 11.6 Å². The maximum absolute atomic E-state index is 9.50. The number of β-amino-alcohol motifs (C(OH)–C–C–N with tert-alkyl or cyclic N) is 2. The van der Waals surface area contributed by atoms with Gasteiger partial charge in [-0.2, -0.15) is 0 Å². The first kappa shape index (κ1) is 11.7. The average molecular weight is 243 g/mol. The molecule has 4 N–H and O–H groups in total. The van der Waals surface area contributed by atoms with Crippen LogP contribution in [0.2, 0.25) is 5.02 Å². The highest BCUT2D eigenvalue weighted by Crippen LogP contribution is 2.27. The molecule has 0 aliphatic carbocycles. The van der Waals surface area contributed by atoms with E-state index in [0.29, 0.717) is 24.7 Å². The first-order valence-corrected chi connectivity index (χ1v) is 5.59. The quantitative estimate of drug-likeness (QED) is 0.700. The normalized spacial score (nSPS) is 25.1. The molecule has 0 saturated carbocycles. The van der Waals surface area contributed by atoms with Crippen molar-refractivity contribution in [3.8, 4) is 0 Å². The van der Waals surface area contributed by atoms with Crippen molar-refractivity contribution in [3.63, 3.8) is 0 Å². The van der Waals surface area contributed by atoms with Gasteiger partial charge in [0.15, 0.2) is 0 Å². The largest absolute Gasteiger partial charge is 0.389 e. The maximum Gasteiger partial charge on any atom is 0.0990 e. The zero-order valence-corrected chi connectivity index (χ0v) is 9.56. The molecule has 0 amide bonds. The Morgan fingerprint density at radius 1 is 1.31 bits per heavy atom. The molecule has 1 saturated heterocycles. The third-order valence-electron chi connectivity index (χ3n) is 2.86. The summed E-state index contributed by atoms with van der Waals surface area (Å²) in [5.41, 5.74) is 7.50. The van der Waals surface area contributed by atoms with Gasteiger partial charge in [0.1, 0.15) is 0 Å². The van der Waals surface area contributed by atoms with Crippen molar-refractivity contribution in [2.24, 2.45) is 5.73 Å². The second kappa shape index (κ2) is 4.59. The van der Waals surface area contributed by atoms with Crippen LogP contribution in [0.1, 0.15) is 5.56 Å². The predicted octanol–water partition coefficient (Wildman–Crippen LogP) is 0.340. The van der Waals surface area contributed by atoms with E-state index in [1.165, 1.54) is 0 Å². The molecule has 5 heteroatoms. The van der Waals surface area contributed by atoms with Crippen LogP contribution in [0.5, 0.6) is 0 Å². The lowest BCUT2D eigenvalue weighted by atomic mass is 10.1. The summed E-state index contributed by atoms with van der Waals surface area (Å²) in [5.74, 6) is 0. The third-order valence-corrected chi connectivity index (χ3v) is 3.10. The molecule has 16 heavy (non-hydrogen) atoms. The van der Waals surface area contributed by atoms with Crippen molar-refractivity contribution in [1.29, 1.82) is 0 Å². The minimum absolute atomic E-state index is 0.387. The van der Waals surface area contributed by atoms with Crippen LogP contribution in [0.3, 0.4) is 0 Å². The van der Waals surface area contributed by atoms with Gasteiger partial charge < -0.3 is 20.8 Å². The number of nitrogens with two attached hydrogens (primary N) is 1. The molecule has 2 unspecified atom stereocenters. The lowest BCUT2D eigenvalue weighted by Crippen LogP contribution is -2.23. The number of hydrogen-bond donors (Lipinski definition) is 3. The first-order chi connectivity index (χ1) is 7.61. The van der Waals surface area contributed by atoms with Gasteiger partial charge in [-0.3, -0.25) is 0 Å². The fourth-order valence-electron chi connectivity index (χ4n) is 1.99. The zero-order chi connectivity index (χ0) is 11.7. The Morgan fingerprint density at radius 3 is 2.50 bits per heavy atom. The number of aliphatic hydroxyl groups is 2. The van der Waals surface area contributed by atoms with Gasteiger partial charge in [0.25, 0.3) is 0 Å². The second-order valence-electron chi connectivity index (χ2n) is 4.02. The van der Waals surface area contributed by atoms with E-state index in [0.717, 1.165) is 11.3 Å². The van der Waals surface area contributed by atoms with Crippen LogP contribution in [0.25, 0.3) is 0 Å². The highest BCUT2D eigenvalue weighted by molar-refractivity contribution is 6.30. The molecule has 1 aromatic rings. The van der Waals surface area contributed by atoms with Crippen LogP contribution in [-0.2, 0) is 6.54 Å². The number of aliphatic hydroxyl groups excluding tert-OH is 2. The smallest absolute Gasteiger partial charge is 0.0990 e. The minimum atomic E-state index is -0.693. The van der Waals surface area contributed by atoms with E-state index in [1.54, 1.807) is 6.07 Å². The molecule has 88 valence electrons. The van der Waals surface area contributed by atoms with Crippen LogP contribution in [0.4, 0.5) is 5.69 Å². The van der Waals surface area contributed by atoms with E-state index in [9.17, 15) is 10.2 Å². The molecule has 0 radical (unpaired) electrons. The summed E-state index contributed by atoms with van der Waals surface area (Å²) < 4.78 is 0. The molecular weight excluding hydrogens is 228 g/mol. The summed E-state index contributed by atoms with van der Waals surface area (Å²) in [6.45, 7) is 1.24. The van der Waals surface area contributed by atoms with E-state index in [-0.39, 0.29) is 0 Å². The van der Waals surface area contributed by atoms with E-state index in [2.05, 4.69) is 0 Å². The Morgan fingerprint density at radius 2 is 1.94 bits per heavy atom. The molecule has 4 nitrogen and oxygen atoms in total. The lowest BCUT2D eigenvalue weighted by molar-refractivity contribution is 0.0572. The van der Waals surface area contributed by atoms with Crippen molar-refractivity contribution in [2.45, 2.75) is 18.8 Å². The van der Waals surface area contributed by atoms with Crippen LogP contribution in [0.15, 0.2) is 18.2 Å². The molecule has 1 aromatic carbocycles. The molecule has 1 heterocycles. The van der Waals surface area contributed by atoms with Crippen LogP contribution >= 0.6 is 11.6 Å². The van der Waals surface area contributed by atoms with Crippen molar-refractivity contribution in [3.05, 3.63) is 28.8 Å². The number of anilines is 1. The Hall–Kier alpha value is -0.810. The van der Waals surface area contributed by atoms with Crippen molar-refractivity contribution < 1.29 is 10.2 Å². The second-order valence-corrected chi connectivity index (χ2v) is 4.45. The summed E-state index contributed by atoms with van der Waals surface area (Å²) in [4.78, 5) is 1.92. The monoisotopic (exact) mass is 242 g/mol. The SMILES string of the molecule is NCc1cc(Cl)ccc1N1CC(O)C(O)C1. The Balaban J connectivity index is 2.27. The maximum atomic E-state index is 9.50. The molecule has 1 fully saturated rings. The number of rotatable bonds is 2. The third kappa shape index (κ3) is 2.15. The highest BCUT2D eigenvalue weighted by Gasteiger charge is 2.30. The van der Waals surface area contributed by atoms with E-state index < -0.39 is 12.2 Å². The summed E-state index contributed by atoms with van der Waals surface area (Å²) in [6, 6.07) is 5.47. The van der Waals surface area contributed by atoms with Crippen molar-refractivity contribution in [1.82, 2.24) is 0 Å². The zero-order valence-electron chi connectivity index (χ0n) is 8.81. The fourth-order valence-corrected chi connectivity index (χ4v) is 2.19. The molecule has 1 aliphatic rings. The van der Waals surface area contributed by atoms with Crippen LogP contribution in [-0.4, -0.2) is 35.5 Å². The topological polar surface area (TPSA) is 69.7 Å². The average Bonchev–Trinajstić information content (AvgIpc) is 2.59. The summed E-state index contributed by atoms with van der Waals surface area (Å²) in [5, 5.41) is 19.6. The van der Waals surface area contributed by atoms with Gasteiger partial charge >= 0.3 is 0 Å². The van der Waals surface area contributed by atoms with Gasteiger partial charge in [-0.25, -0.2) is 0 Å². The van der Waals surface area contributed by atoms with Gasteiger partial charge in [0, 0.05) is 30.3 Å². The summed E-state index contributed by atoms with van der Waals surface area (Å²) in [6.07, 6.45) is -1.39. The van der Waals surface area contributed by atoms with E-state index in [1.807, 2.05) is 17.0 Å². The number of hydrogen-bond acceptors (Lipinski definition) is 4. The Labute approximate surface area is 99.2 Å². The van der Waals surface area contributed by atoms with E-state index in [4.69, 9.17) is 17.3 Å². The van der Waals surface area contributed by atoms with Gasteiger partial charge in [0.2, 0.25) is 0 Å². The standard InChI is InChI=1S/C11H15ClN2O2/c12-8-1-2-9(7(3-8)4-13)14-5-10(15)11(16)6-14/h1-3,10-11,15-16H,4-6,13H2. The highest BCUT2D eigenvalue weighted by atomic mass is 35.5. The Bertz CT molecular complexity index is 376.